The van der Waals surface area contributed by atoms with E-state index < -0.39 is 28.1 Å². The number of aliphatic hydroxyl groups is 1. The van der Waals surface area contributed by atoms with E-state index in [1.165, 1.54) is 26.2 Å². The van der Waals surface area contributed by atoms with Gasteiger partial charge in [-0.15, -0.1) is 0 Å². The predicted molar refractivity (Wildman–Crippen MR) is 110 cm³/mol. The van der Waals surface area contributed by atoms with Crippen LogP contribution >= 0.6 is 0 Å². The quantitative estimate of drug-likeness (QED) is 0.533. The van der Waals surface area contributed by atoms with Crippen molar-refractivity contribution in [2.24, 2.45) is 0 Å². The molecule has 0 aliphatic rings. The molecular formula is C20H26N2O6S. The minimum Gasteiger partial charge on any atom is -0.497 e. The Morgan fingerprint density at radius 1 is 1.14 bits per heavy atom. The van der Waals surface area contributed by atoms with Crippen LogP contribution in [0, 0.1) is 6.92 Å². The summed E-state index contributed by atoms with van der Waals surface area (Å²) in [6, 6.07) is 12.0. The monoisotopic (exact) mass is 422 g/mol. The van der Waals surface area contributed by atoms with Crippen molar-refractivity contribution in [1.82, 2.24) is 5.32 Å². The van der Waals surface area contributed by atoms with E-state index >= 15 is 0 Å². The van der Waals surface area contributed by atoms with Gasteiger partial charge >= 0.3 is 5.97 Å². The molecule has 158 valence electrons. The fourth-order valence-electron chi connectivity index (χ4n) is 2.58. The topological polar surface area (TPSA) is 116 Å². The summed E-state index contributed by atoms with van der Waals surface area (Å²) in [6.45, 7) is 2.97. The Morgan fingerprint density at radius 2 is 1.72 bits per heavy atom. The molecule has 0 saturated heterocycles. The summed E-state index contributed by atoms with van der Waals surface area (Å²) >= 11 is 0. The van der Waals surface area contributed by atoms with Crippen LogP contribution in [0.2, 0.25) is 0 Å². The van der Waals surface area contributed by atoms with Crippen LogP contribution in [0.15, 0.2) is 53.4 Å². The van der Waals surface area contributed by atoms with E-state index in [0.29, 0.717) is 11.4 Å². The van der Waals surface area contributed by atoms with Gasteiger partial charge in [-0.05, 0) is 50.2 Å². The van der Waals surface area contributed by atoms with Crippen molar-refractivity contribution in [2.45, 2.75) is 30.9 Å². The third-order valence-electron chi connectivity index (χ3n) is 4.38. The first-order chi connectivity index (χ1) is 13.6. The number of methoxy groups -OCH3 is 1. The van der Waals surface area contributed by atoms with E-state index in [2.05, 4.69) is 5.32 Å². The van der Waals surface area contributed by atoms with Crippen LogP contribution in [0.3, 0.4) is 0 Å². The van der Waals surface area contributed by atoms with Crippen LogP contribution in [0.4, 0.5) is 5.69 Å². The fourth-order valence-corrected chi connectivity index (χ4v) is 4.09. The Morgan fingerprint density at radius 3 is 2.24 bits per heavy atom. The van der Waals surface area contributed by atoms with E-state index in [4.69, 9.17) is 9.84 Å². The molecule has 2 aromatic rings. The summed E-state index contributed by atoms with van der Waals surface area (Å²) in [6.07, 6.45) is -1.13. The lowest BCUT2D eigenvalue weighted by molar-refractivity contribution is -0.139. The summed E-state index contributed by atoms with van der Waals surface area (Å²) in [5, 5.41) is 22.0. The van der Waals surface area contributed by atoms with Crippen molar-refractivity contribution >= 4 is 21.7 Å². The molecule has 9 heteroatoms. The molecule has 0 fully saturated rings. The number of sulfonamides is 1. The smallest absolute Gasteiger partial charge is 0.320 e. The maximum absolute atomic E-state index is 13.2. The zero-order valence-electron chi connectivity index (χ0n) is 16.6. The Bertz CT molecular complexity index is 913. The molecule has 3 N–H and O–H groups in total. The number of nitrogens with one attached hydrogen (secondary N) is 1. The summed E-state index contributed by atoms with van der Waals surface area (Å²) in [5.41, 5.74) is 1.28. The van der Waals surface area contributed by atoms with Crippen LogP contribution in [-0.4, -0.2) is 56.9 Å². The number of nitrogens with zero attached hydrogens (tertiary/aromatic N) is 1. The highest BCUT2D eigenvalue weighted by Crippen LogP contribution is 2.26. The molecule has 0 heterocycles. The molecule has 29 heavy (non-hydrogen) atoms. The average Bonchev–Trinajstić information content (AvgIpc) is 2.70. The van der Waals surface area contributed by atoms with Gasteiger partial charge in [-0.1, -0.05) is 17.7 Å². The molecule has 0 aliphatic heterocycles. The van der Waals surface area contributed by atoms with Crippen LogP contribution in [-0.2, 0) is 14.8 Å². The van der Waals surface area contributed by atoms with Gasteiger partial charge in [0.1, 0.15) is 11.8 Å². The highest BCUT2D eigenvalue weighted by Gasteiger charge is 2.27. The zero-order chi connectivity index (χ0) is 21.6. The average molecular weight is 423 g/mol. The number of rotatable bonds is 10. The summed E-state index contributed by atoms with van der Waals surface area (Å²) in [4.78, 5) is 11.0. The molecule has 2 aromatic carbocycles. The number of carboxylic acid groups (broad SMARTS) is 1. The molecule has 0 spiro atoms. The van der Waals surface area contributed by atoms with Crippen molar-refractivity contribution in [3.05, 3.63) is 54.1 Å². The number of aliphatic hydroxyl groups excluding tert-OH is 1. The van der Waals surface area contributed by atoms with E-state index in [1.54, 1.807) is 36.4 Å². The number of hydrogen-bond acceptors (Lipinski definition) is 6. The molecule has 0 aromatic heterocycles. The molecule has 0 bridgehead atoms. The van der Waals surface area contributed by atoms with Crippen molar-refractivity contribution in [3.63, 3.8) is 0 Å². The standard InChI is InChI=1S/C20H26N2O6S/c1-14-4-10-19(11-5-14)29(26,27)22(16-6-8-18(28-3)9-7-16)13-17(23)12-21-15(2)20(24)25/h4-11,15,17,21,23H,12-13H2,1-3H3,(H,24,25)/t15-,17-/m0/s1. The Balaban J connectivity index is 2.32. The number of aryl methyl sites for hydroxylation is 1. The molecule has 0 radical (unpaired) electrons. The number of anilines is 1. The van der Waals surface area contributed by atoms with Crippen LogP contribution < -0.4 is 14.4 Å². The minimum absolute atomic E-state index is 0.0798. The lowest BCUT2D eigenvalue weighted by atomic mass is 10.2. The number of carboxylic acids is 1. The number of ether oxygens (including phenoxy) is 1. The van der Waals surface area contributed by atoms with Crippen LogP contribution in [0.5, 0.6) is 5.75 Å². The third kappa shape index (κ3) is 5.93. The van der Waals surface area contributed by atoms with Crippen LogP contribution in [0.25, 0.3) is 0 Å². The van der Waals surface area contributed by atoms with Gasteiger partial charge < -0.3 is 20.3 Å². The predicted octanol–water partition coefficient (Wildman–Crippen LogP) is 1.62. The molecule has 0 aliphatic carbocycles. The van der Waals surface area contributed by atoms with Gasteiger partial charge in [-0.2, -0.15) is 0 Å². The number of aliphatic carboxylic acids is 1. The maximum atomic E-state index is 13.2. The second-order valence-electron chi connectivity index (χ2n) is 6.67. The Labute approximate surface area is 170 Å². The van der Waals surface area contributed by atoms with E-state index in [1.807, 2.05) is 6.92 Å². The van der Waals surface area contributed by atoms with Gasteiger partial charge in [-0.3, -0.25) is 9.10 Å². The normalized spacial score (nSPS) is 13.5. The molecular weight excluding hydrogens is 396 g/mol. The van der Waals surface area contributed by atoms with Crippen molar-refractivity contribution in [1.29, 1.82) is 0 Å². The largest absolute Gasteiger partial charge is 0.497 e. The van der Waals surface area contributed by atoms with Gasteiger partial charge in [0.2, 0.25) is 0 Å². The lowest BCUT2D eigenvalue weighted by Gasteiger charge is -2.27. The van der Waals surface area contributed by atoms with Crippen molar-refractivity contribution < 1.29 is 28.2 Å². The van der Waals surface area contributed by atoms with Gasteiger partial charge in [0.25, 0.3) is 10.0 Å². The molecule has 2 rings (SSSR count). The maximum Gasteiger partial charge on any atom is 0.320 e. The van der Waals surface area contributed by atoms with Gasteiger partial charge in [0, 0.05) is 6.54 Å². The molecule has 8 nitrogen and oxygen atoms in total. The van der Waals surface area contributed by atoms with Gasteiger partial charge in [-0.25, -0.2) is 8.42 Å². The van der Waals surface area contributed by atoms with Crippen molar-refractivity contribution in [3.8, 4) is 5.75 Å². The SMILES string of the molecule is COc1ccc(N(C[C@@H](O)CN[C@@H](C)C(=O)O)S(=O)(=O)c2ccc(C)cc2)cc1. The first kappa shape index (κ1) is 22.7. The first-order valence-electron chi connectivity index (χ1n) is 9.03. The van der Waals surface area contributed by atoms with E-state index in [0.717, 1.165) is 9.87 Å². The second kappa shape index (κ2) is 9.73. The highest BCUT2D eigenvalue weighted by molar-refractivity contribution is 7.92. The third-order valence-corrected chi connectivity index (χ3v) is 6.18. The summed E-state index contributed by atoms with van der Waals surface area (Å²) in [7, 11) is -2.44. The molecule has 2 atom stereocenters. The summed E-state index contributed by atoms with van der Waals surface area (Å²) < 4.78 is 32.7. The summed E-state index contributed by atoms with van der Waals surface area (Å²) in [5.74, 6) is -0.490. The van der Waals surface area contributed by atoms with Crippen molar-refractivity contribution in [2.75, 3.05) is 24.5 Å². The van der Waals surface area contributed by atoms with Gasteiger partial charge in [0.15, 0.2) is 0 Å². The van der Waals surface area contributed by atoms with Crippen LogP contribution in [0.1, 0.15) is 12.5 Å². The number of hydrogen-bond donors (Lipinski definition) is 3. The highest BCUT2D eigenvalue weighted by atomic mass is 32.2. The Kier molecular flexibility index (Phi) is 7.60. The first-order valence-corrected chi connectivity index (χ1v) is 10.5. The second-order valence-corrected chi connectivity index (χ2v) is 8.53. The fraction of sp³-hybridized carbons (Fsp3) is 0.350. The number of carbonyl (C=O) groups is 1. The van der Waals surface area contributed by atoms with E-state index in [9.17, 15) is 18.3 Å². The lowest BCUT2D eigenvalue weighted by Crippen LogP contribution is -2.45. The van der Waals surface area contributed by atoms with E-state index in [-0.39, 0.29) is 18.0 Å². The van der Waals surface area contributed by atoms with Gasteiger partial charge in [0.05, 0.1) is 30.3 Å². The number of benzene rings is 2. The molecule has 0 unspecified atom stereocenters. The zero-order valence-corrected chi connectivity index (χ0v) is 17.4. The molecule has 0 amide bonds. The molecule has 0 saturated carbocycles. The minimum atomic E-state index is -3.95. The Hall–Kier alpha value is -2.62.